The number of thiazole rings is 1. The van der Waals surface area contributed by atoms with Crippen molar-refractivity contribution >= 4 is 28.3 Å². The fraction of sp³-hybridized carbons (Fsp3) is 0.353. The fourth-order valence-electron chi connectivity index (χ4n) is 2.77. The van der Waals surface area contributed by atoms with Crippen molar-refractivity contribution in [3.05, 3.63) is 35.8 Å². The van der Waals surface area contributed by atoms with Crippen LogP contribution in [0.25, 0.3) is 0 Å². The van der Waals surface area contributed by atoms with Gasteiger partial charge in [0.15, 0.2) is 23.2 Å². The van der Waals surface area contributed by atoms with E-state index in [1.165, 1.54) is 11.3 Å². The lowest BCUT2D eigenvalue weighted by Crippen LogP contribution is -2.45. The van der Waals surface area contributed by atoms with Gasteiger partial charge < -0.3 is 19.7 Å². The summed E-state index contributed by atoms with van der Waals surface area (Å²) in [6.07, 6.45) is 3.05. The second-order valence-electron chi connectivity index (χ2n) is 5.51. The van der Waals surface area contributed by atoms with Gasteiger partial charge in [0.25, 0.3) is 5.91 Å². The fourth-order valence-corrected chi connectivity index (χ4v) is 3.30. The van der Waals surface area contributed by atoms with E-state index >= 15 is 0 Å². The highest BCUT2D eigenvalue weighted by atomic mass is 32.1. The molecular formula is C17H19N3O4S. The van der Waals surface area contributed by atoms with Gasteiger partial charge in [0, 0.05) is 18.1 Å². The highest BCUT2D eigenvalue weighted by molar-refractivity contribution is 7.13. The summed E-state index contributed by atoms with van der Waals surface area (Å²) in [5, 5.41) is 5.08. The summed E-state index contributed by atoms with van der Waals surface area (Å²) in [6, 6.07) is 6.65. The molecule has 1 aliphatic rings. The highest BCUT2D eigenvalue weighted by Crippen LogP contribution is 2.26. The van der Waals surface area contributed by atoms with Crippen molar-refractivity contribution in [3.63, 3.8) is 0 Å². The number of likely N-dealkylation sites (tertiary alicyclic amines) is 1. The second-order valence-corrected chi connectivity index (χ2v) is 6.41. The van der Waals surface area contributed by atoms with Crippen molar-refractivity contribution < 1.29 is 19.1 Å². The number of para-hydroxylation sites is 2. The average molecular weight is 361 g/mol. The van der Waals surface area contributed by atoms with Crippen LogP contribution in [0, 0.1) is 0 Å². The van der Waals surface area contributed by atoms with E-state index in [2.05, 4.69) is 10.3 Å². The van der Waals surface area contributed by atoms with E-state index in [1.807, 2.05) is 12.1 Å². The van der Waals surface area contributed by atoms with E-state index in [0.29, 0.717) is 29.6 Å². The van der Waals surface area contributed by atoms with Crippen LogP contribution in [0.15, 0.2) is 35.8 Å². The van der Waals surface area contributed by atoms with Crippen molar-refractivity contribution in [2.45, 2.75) is 18.9 Å². The smallest absolute Gasteiger partial charge is 0.261 e. The quantitative estimate of drug-likeness (QED) is 0.853. The van der Waals surface area contributed by atoms with Gasteiger partial charge in [-0.05, 0) is 25.0 Å². The number of nitrogens with one attached hydrogen (secondary N) is 1. The molecule has 0 radical (unpaired) electrons. The van der Waals surface area contributed by atoms with Crippen LogP contribution in [0.3, 0.4) is 0 Å². The van der Waals surface area contributed by atoms with Gasteiger partial charge in [-0.3, -0.25) is 9.59 Å². The average Bonchev–Trinajstić information content (AvgIpc) is 3.31. The molecule has 2 heterocycles. The van der Waals surface area contributed by atoms with E-state index in [9.17, 15) is 9.59 Å². The van der Waals surface area contributed by atoms with Gasteiger partial charge in [-0.25, -0.2) is 4.98 Å². The monoisotopic (exact) mass is 361 g/mol. The van der Waals surface area contributed by atoms with Crippen LogP contribution < -0.4 is 14.8 Å². The minimum atomic E-state index is -0.488. The third kappa shape index (κ3) is 4.08. The van der Waals surface area contributed by atoms with Crippen molar-refractivity contribution in [2.75, 3.05) is 25.6 Å². The third-order valence-electron chi connectivity index (χ3n) is 3.96. The molecule has 2 amide bonds. The van der Waals surface area contributed by atoms with Crippen molar-refractivity contribution in [1.29, 1.82) is 0 Å². The Morgan fingerprint density at radius 1 is 1.36 bits per heavy atom. The zero-order valence-corrected chi connectivity index (χ0v) is 14.6. The van der Waals surface area contributed by atoms with Crippen LogP contribution in [0.5, 0.6) is 11.5 Å². The normalized spacial score (nSPS) is 16.5. The standard InChI is InChI=1S/C17H19N3O4S/c1-23-13-6-2-3-7-14(13)24-11-15(21)20-9-4-5-12(20)16(22)19-17-18-8-10-25-17/h2-3,6-8,10,12H,4-5,9,11H2,1H3,(H,18,19,22). The summed E-state index contributed by atoms with van der Waals surface area (Å²) in [4.78, 5) is 30.5. The Morgan fingerprint density at radius 2 is 2.16 bits per heavy atom. The van der Waals surface area contributed by atoms with Crippen molar-refractivity contribution in [1.82, 2.24) is 9.88 Å². The first-order valence-corrected chi connectivity index (χ1v) is 8.82. The molecule has 25 heavy (non-hydrogen) atoms. The molecule has 1 aromatic carbocycles. The van der Waals surface area contributed by atoms with Gasteiger partial charge in [-0.15, -0.1) is 11.3 Å². The van der Waals surface area contributed by atoms with Crippen molar-refractivity contribution in [2.24, 2.45) is 0 Å². The van der Waals surface area contributed by atoms with E-state index in [-0.39, 0.29) is 18.4 Å². The Labute approximate surface area is 149 Å². The van der Waals surface area contributed by atoms with E-state index in [4.69, 9.17) is 9.47 Å². The lowest BCUT2D eigenvalue weighted by molar-refractivity contribution is -0.138. The Balaban J connectivity index is 1.59. The maximum Gasteiger partial charge on any atom is 0.261 e. The number of methoxy groups -OCH3 is 1. The molecular weight excluding hydrogens is 342 g/mol. The molecule has 1 saturated heterocycles. The number of nitrogens with zero attached hydrogens (tertiary/aromatic N) is 2. The molecule has 0 bridgehead atoms. The largest absolute Gasteiger partial charge is 0.493 e. The maximum absolute atomic E-state index is 12.5. The van der Waals surface area contributed by atoms with Gasteiger partial charge in [-0.1, -0.05) is 12.1 Å². The SMILES string of the molecule is COc1ccccc1OCC(=O)N1CCCC1C(=O)Nc1nccs1. The van der Waals surface area contributed by atoms with Gasteiger partial charge in [0.2, 0.25) is 5.91 Å². The summed E-state index contributed by atoms with van der Waals surface area (Å²) < 4.78 is 10.8. The molecule has 1 fully saturated rings. The summed E-state index contributed by atoms with van der Waals surface area (Å²) in [7, 11) is 1.55. The predicted molar refractivity (Wildman–Crippen MR) is 94.0 cm³/mol. The van der Waals surface area contributed by atoms with Gasteiger partial charge in [0.05, 0.1) is 7.11 Å². The number of ether oxygens (including phenoxy) is 2. The maximum atomic E-state index is 12.5. The number of carbonyl (C=O) groups excluding carboxylic acids is 2. The molecule has 1 aromatic heterocycles. The molecule has 1 N–H and O–H groups in total. The Bertz CT molecular complexity index is 735. The minimum Gasteiger partial charge on any atom is -0.493 e. The Kier molecular flexibility index (Phi) is 5.49. The lowest BCUT2D eigenvalue weighted by Gasteiger charge is -2.23. The molecule has 3 rings (SSSR count). The van der Waals surface area contributed by atoms with Gasteiger partial charge >= 0.3 is 0 Å². The summed E-state index contributed by atoms with van der Waals surface area (Å²) in [6.45, 7) is 0.408. The lowest BCUT2D eigenvalue weighted by atomic mass is 10.2. The molecule has 1 atom stereocenters. The second kappa shape index (κ2) is 7.98. The summed E-state index contributed by atoms with van der Waals surface area (Å²) >= 11 is 1.35. The highest BCUT2D eigenvalue weighted by Gasteiger charge is 2.34. The zero-order valence-electron chi connectivity index (χ0n) is 13.8. The number of benzene rings is 1. The van der Waals surface area contributed by atoms with Gasteiger partial charge in [0.1, 0.15) is 6.04 Å². The summed E-state index contributed by atoms with van der Waals surface area (Å²) in [5.74, 6) is 0.636. The number of aromatic nitrogens is 1. The first kappa shape index (κ1) is 17.2. The van der Waals surface area contributed by atoms with E-state index < -0.39 is 6.04 Å². The number of hydrogen-bond acceptors (Lipinski definition) is 6. The molecule has 1 aliphatic heterocycles. The number of anilines is 1. The van der Waals surface area contributed by atoms with E-state index in [1.54, 1.807) is 35.7 Å². The van der Waals surface area contributed by atoms with Crippen LogP contribution >= 0.6 is 11.3 Å². The molecule has 0 aliphatic carbocycles. The van der Waals surface area contributed by atoms with Crippen LogP contribution in [-0.2, 0) is 9.59 Å². The molecule has 0 spiro atoms. The van der Waals surface area contributed by atoms with Crippen LogP contribution in [0.4, 0.5) is 5.13 Å². The molecule has 7 nitrogen and oxygen atoms in total. The van der Waals surface area contributed by atoms with E-state index in [0.717, 1.165) is 6.42 Å². The third-order valence-corrected chi connectivity index (χ3v) is 4.65. The number of amides is 2. The number of hydrogen-bond donors (Lipinski definition) is 1. The first-order chi connectivity index (χ1) is 12.2. The van der Waals surface area contributed by atoms with Gasteiger partial charge in [-0.2, -0.15) is 0 Å². The summed E-state index contributed by atoms with van der Waals surface area (Å²) in [5.41, 5.74) is 0. The van der Waals surface area contributed by atoms with Crippen LogP contribution in [-0.4, -0.2) is 48.0 Å². The van der Waals surface area contributed by atoms with Crippen molar-refractivity contribution in [3.8, 4) is 11.5 Å². The number of carbonyl (C=O) groups is 2. The topological polar surface area (TPSA) is 80.8 Å². The first-order valence-electron chi connectivity index (χ1n) is 7.94. The number of rotatable bonds is 6. The predicted octanol–water partition coefficient (Wildman–Crippen LogP) is 2.16. The Hall–Kier alpha value is -2.61. The molecule has 1 unspecified atom stereocenters. The molecule has 2 aromatic rings. The Morgan fingerprint density at radius 3 is 2.88 bits per heavy atom. The molecule has 0 saturated carbocycles. The van der Waals surface area contributed by atoms with Crippen LogP contribution in [0.2, 0.25) is 0 Å². The minimum absolute atomic E-state index is 0.137. The van der Waals surface area contributed by atoms with Crippen LogP contribution in [0.1, 0.15) is 12.8 Å². The molecule has 132 valence electrons. The molecule has 8 heteroatoms. The zero-order chi connectivity index (χ0) is 17.6.